The van der Waals surface area contributed by atoms with Gasteiger partial charge in [-0.05, 0) is 43.2 Å². The van der Waals surface area contributed by atoms with Crippen LogP contribution >= 0.6 is 0 Å². The first-order valence-corrected chi connectivity index (χ1v) is 9.82. The maximum atomic E-state index is 12.8. The van der Waals surface area contributed by atoms with Crippen LogP contribution in [-0.2, 0) is 24.3 Å². The van der Waals surface area contributed by atoms with Gasteiger partial charge in [-0.2, -0.15) is 0 Å². The molecule has 1 aromatic carbocycles. The Morgan fingerprint density at radius 3 is 2.93 bits per heavy atom. The second-order valence-corrected chi connectivity index (χ2v) is 7.30. The molecule has 1 aliphatic heterocycles. The highest BCUT2D eigenvalue weighted by atomic mass is 16.5. The molecule has 0 saturated carbocycles. The number of aromatic nitrogens is 4. The Hall–Kier alpha value is -3.48. The predicted molar refractivity (Wildman–Crippen MR) is 108 cm³/mol. The fourth-order valence-corrected chi connectivity index (χ4v) is 3.82. The molecule has 0 N–H and O–H groups in total. The number of aryl methyl sites for hydroxylation is 1. The van der Waals surface area contributed by atoms with Crippen molar-refractivity contribution in [3.05, 3.63) is 76.2 Å². The Kier molecular flexibility index (Phi) is 4.35. The van der Waals surface area contributed by atoms with Crippen molar-refractivity contribution in [2.75, 3.05) is 0 Å². The topological polar surface area (TPSA) is 78.5 Å². The molecule has 0 spiro atoms. The molecule has 3 aromatic heterocycles. The number of fused-ring (bicyclic) bond motifs is 3. The Balaban J connectivity index is 1.40. The van der Waals surface area contributed by atoms with E-state index in [9.17, 15) is 9.59 Å². The fourth-order valence-electron chi connectivity index (χ4n) is 3.82. The number of hydrogen-bond acceptors (Lipinski definition) is 5. The summed E-state index contributed by atoms with van der Waals surface area (Å²) in [6.07, 6.45) is 7.63. The van der Waals surface area contributed by atoms with Crippen molar-refractivity contribution in [1.29, 1.82) is 0 Å². The number of hydrogen-bond donors (Lipinski definition) is 0. The minimum Gasteiger partial charge on any atom is -0.456 e. The molecule has 4 heterocycles. The average molecular weight is 388 g/mol. The van der Waals surface area contributed by atoms with Crippen LogP contribution in [-0.4, -0.2) is 24.9 Å². The lowest BCUT2D eigenvalue weighted by Gasteiger charge is -2.10. The highest BCUT2D eigenvalue weighted by Crippen LogP contribution is 2.17. The van der Waals surface area contributed by atoms with Gasteiger partial charge in [-0.3, -0.25) is 9.36 Å². The highest BCUT2D eigenvalue weighted by Gasteiger charge is 2.16. The van der Waals surface area contributed by atoms with Crippen LogP contribution in [0.4, 0.5) is 0 Å². The van der Waals surface area contributed by atoms with Gasteiger partial charge < -0.3 is 9.14 Å². The number of rotatable bonds is 3. The second kappa shape index (κ2) is 7.16. The van der Waals surface area contributed by atoms with Crippen molar-refractivity contribution >= 4 is 22.5 Å². The third-order valence-corrected chi connectivity index (χ3v) is 5.32. The molecule has 29 heavy (non-hydrogen) atoms. The number of pyridine rings is 1. The van der Waals surface area contributed by atoms with Gasteiger partial charge in [0.15, 0.2) is 0 Å². The summed E-state index contributed by atoms with van der Waals surface area (Å²) in [6, 6.07) is 10.7. The minimum atomic E-state index is -0.458. The molecule has 0 unspecified atom stereocenters. The zero-order valence-corrected chi connectivity index (χ0v) is 15.9. The van der Waals surface area contributed by atoms with E-state index in [-0.39, 0.29) is 12.2 Å². The van der Waals surface area contributed by atoms with E-state index in [0.29, 0.717) is 28.7 Å². The molecule has 1 aliphatic rings. The van der Waals surface area contributed by atoms with E-state index in [1.807, 2.05) is 35.0 Å². The molecule has 0 fully saturated rings. The number of benzene rings is 1. The van der Waals surface area contributed by atoms with E-state index in [2.05, 4.69) is 9.97 Å². The lowest BCUT2D eigenvalue weighted by atomic mass is 10.1. The van der Waals surface area contributed by atoms with Crippen molar-refractivity contribution in [2.45, 2.75) is 38.8 Å². The first-order valence-electron chi connectivity index (χ1n) is 9.82. The van der Waals surface area contributed by atoms with Gasteiger partial charge in [-0.1, -0.05) is 12.5 Å². The Morgan fingerprint density at radius 1 is 1.10 bits per heavy atom. The van der Waals surface area contributed by atoms with Crippen LogP contribution in [0.2, 0.25) is 0 Å². The van der Waals surface area contributed by atoms with E-state index in [1.165, 1.54) is 0 Å². The normalized spacial score (nSPS) is 13.9. The molecular weight excluding hydrogens is 368 g/mol. The maximum absolute atomic E-state index is 12.8. The Bertz CT molecular complexity index is 1260. The van der Waals surface area contributed by atoms with Crippen LogP contribution in [0.1, 0.15) is 41.1 Å². The van der Waals surface area contributed by atoms with Crippen molar-refractivity contribution in [1.82, 2.24) is 18.9 Å². The molecule has 0 aliphatic carbocycles. The largest absolute Gasteiger partial charge is 0.456 e. The van der Waals surface area contributed by atoms with E-state index in [1.54, 1.807) is 22.8 Å². The van der Waals surface area contributed by atoms with E-state index in [0.717, 1.165) is 37.2 Å². The van der Waals surface area contributed by atoms with Gasteiger partial charge in [0.05, 0.1) is 22.2 Å². The number of nitrogens with zero attached hydrogens (tertiary/aromatic N) is 4. The van der Waals surface area contributed by atoms with Gasteiger partial charge in [0, 0.05) is 25.4 Å². The molecule has 7 heteroatoms. The van der Waals surface area contributed by atoms with Crippen molar-refractivity contribution in [3.63, 3.8) is 0 Å². The molecule has 4 aromatic rings. The van der Waals surface area contributed by atoms with E-state index >= 15 is 0 Å². The maximum Gasteiger partial charge on any atom is 0.338 e. The molecule has 5 rings (SSSR count). The van der Waals surface area contributed by atoms with Crippen LogP contribution in [0, 0.1) is 0 Å². The molecule has 7 nitrogen and oxygen atoms in total. The van der Waals surface area contributed by atoms with Gasteiger partial charge >= 0.3 is 5.97 Å². The number of esters is 1. The van der Waals surface area contributed by atoms with E-state index < -0.39 is 5.97 Å². The van der Waals surface area contributed by atoms with Crippen LogP contribution in [0.15, 0.2) is 53.6 Å². The van der Waals surface area contributed by atoms with Gasteiger partial charge in [0.1, 0.15) is 18.1 Å². The molecular formula is C22H20N4O3. The Labute approximate surface area is 166 Å². The summed E-state index contributed by atoms with van der Waals surface area (Å²) in [7, 11) is 0. The monoisotopic (exact) mass is 388 g/mol. The summed E-state index contributed by atoms with van der Waals surface area (Å²) < 4.78 is 9.08. The third-order valence-electron chi connectivity index (χ3n) is 5.32. The number of carbonyl (C=O) groups is 1. The van der Waals surface area contributed by atoms with Crippen LogP contribution in [0.5, 0.6) is 0 Å². The van der Waals surface area contributed by atoms with Crippen LogP contribution < -0.4 is 5.56 Å². The van der Waals surface area contributed by atoms with E-state index in [4.69, 9.17) is 4.74 Å². The molecule has 0 atom stereocenters. The van der Waals surface area contributed by atoms with Crippen LogP contribution in [0.25, 0.3) is 16.6 Å². The van der Waals surface area contributed by atoms with Gasteiger partial charge in [0.25, 0.3) is 5.56 Å². The zero-order chi connectivity index (χ0) is 19.8. The molecule has 146 valence electrons. The zero-order valence-electron chi connectivity index (χ0n) is 15.9. The average Bonchev–Trinajstić information content (AvgIpc) is 3.01. The summed E-state index contributed by atoms with van der Waals surface area (Å²) in [6.45, 7) is 0.790. The van der Waals surface area contributed by atoms with Crippen molar-refractivity contribution in [2.24, 2.45) is 0 Å². The smallest absolute Gasteiger partial charge is 0.338 e. The summed E-state index contributed by atoms with van der Waals surface area (Å²) in [4.78, 5) is 34.4. The molecule has 0 amide bonds. The van der Waals surface area contributed by atoms with Crippen LogP contribution in [0.3, 0.4) is 0 Å². The minimum absolute atomic E-state index is 0.0310. The quantitative estimate of drug-likeness (QED) is 0.504. The molecule has 0 radical (unpaired) electrons. The second-order valence-electron chi connectivity index (χ2n) is 7.30. The summed E-state index contributed by atoms with van der Waals surface area (Å²) in [5.41, 5.74) is 2.37. The number of ether oxygens (including phenoxy) is 1. The molecule has 0 bridgehead atoms. The lowest BCUT2D eigenvalue weighted by molar-refractivity contribution is 0.0468. The predicted octanol–water partition coefficient (Wildman–Crippen LogP) is 3.13. The van der Waals surface area contributed by atoms with Gasteiger partial charge in [-0.15, -0.1) is 0 Å². The number of carbonyl (C=O) groups excluding carboxylic acids is 1. The summed E-state index contributed by atoms with van der Waals surface area (Å²) in [5, 5.41) is 0.535. The Morgan fingerprint density at radius 2 is 2.03 bits per heavy atom. The SMILES string of the molecule is O=C(OCc1cn2ccccc2n1)c1ccc2c(=O)n3c(nc2c1)CCCCC3. The fraction of sp³-hybridized carbons (Fsp3) is 0.273. The molecule has 0 saturated heterocycles. The van der Waals surface area contributed by atoms with Crippen molar-refractivity contribution in [3.8, 4) is 0 Å². The first-order chi connectivity index (χ1) is 14.2. The van der Waals surface area contributed by atoms with Gasteiger partial charge in [-0.25, -0.2) is 14.8 Å². The first kappa shape index (κ1) is 17.6. The van der Waals surface area contributed by atoms with Gasteiger partial charge in [0.2, 0.25) is 0 Å². The van der Waals surface area contributed by atoms with Crippen molar-refractivity contribution < 1.29 is 9.53 Å². The number of imidazole rings is 1. The standard InChI is InChI=1S/C22H20N4O3/c27-21-17-9-8-15(12-18(17)24-20-7-2-1-4-11-26(20)21)22(28)29-14-16-13-25-10-5-3-6-19(25)23-16/h3,5-6,8-10,12-13H,1-2,4,7,11,14H2. The summed E-state index contributed by atoms with van der Waals surface area (Å²) >= 11 is 0. The summed E-state index contributed by atoms with van der Waals surface area (Å²) in [5.74, 6) is 0.344. The third kappa shape index (κ3) is 3.29. The lowest BCUT2D eigenvalue weighted by Crippen LogP contribution is -2.24. The highest BCUT2D eigenvalue weighted by molar-refractivity contribution is 5.94.